The second kappa shape index (κ2) is 6.05. The van der Waals surface area contributed by atoms with Gasteiger partial charge in [-0.3, -0.25) is 0 Å². The fourth-order valence-corrected chi connectivity index (χ4v) is 0.968. The first-order valence-electron chi connectivity index (χ1n) is 4.49. The molecule has 0 aliphatic rings. The maximum Gasteiger partial charge on any atom is 0.0740 e. The van der Waals surface area contributed by atoms with Crippen LogP contribution in [0.15, 0.2) is 0 Å². The van der Waals surface area contributed by atoms with E-state index < -0.39 is 5.60 Å². The van der Waals surface area contributed by atoms with Crippen LogP contribution in [-0.2, 0) is 0 Å². The Labute approximate surface area is 75.4 Å². The monoisotopic (exact) mass is 169 g/mol. The highest BCUT2D eigenvalue weighted by molar-refractivity contribution is 4.93. The van der Waals surface area contributed by atoms with Crippen molar-refractivity contribution in [3.8, 4) is 12.3 Å². The molecule has 0 spiro atoms. The molecule has 2 nitrogen and oxygen atoms in total. The van der Waals surface area contributed by atoms with E-state index in [4.69, 9.17) is 6.42 Å². The predicted octanol–water partition coefficient (Wildman–Crippen LogP) is 1.15. The van der Waals surface area contributed by atoms with Crippen LogP contribution < -0.4 is 5.32 Å². The minimum Gasteiger partial charge on any atom is -0.389 e. The third kappa shape index (κ3) is 6.21. The fraction of sp³-hybridized carbons (Fsp3) is 0.800. The molecule has 0 aromatic carbocycles. The molecule has 0 bridgehead atoms. The predicted molar refractivity (Wildman–Crippen MR) is 51.9 cm³/mol. The lowest BCUT2D eigenvalue weighted by Crippen LogP contribution is -2.29. The van der Waals surface area contributed by atoms with Gasteiger partial charge in [-0.05, 0) is 32.9 Å². The molecule has 2 heteroatoms. The van der Waals surface area contributed by atoms with Crippen LogP contribution in [0, 0.1) is 12.3 Å². The molecule has 1 unspecified atom stereocenters. The second-order valence-electron chi connectivity index (χ2n) is 3.38. The van der Waals surface area contributed by atoms with Crippen molar-refractivity contribution in [1.29, 1.82) is 0 Å². The lowest BCUT2D eigenvalue weighted by atomic mass is 9.99. The Morgan fingerprint density at radius 1 is 1.50 bits per heavy atom. The van der Waals surface area contributed by atoms with Crippen molar-refractivity contribution in [2.24, 2.45) is 0 Å². The average Bonchev–Trinajstić information content (AvgIpc) is 1.98. The van der Waals surface area contributed by atoms with Crippen molar-refractivity contribution in [3.05, 3.63) is 0 Å². The van der Waals surface area contributed by atoms with Crippen molar-refractivity contribution < 1.29 is 5.11 Å². The highest BCUT2D eigenvalue weighted by Crippen LogP contribution is 2.11. The smallest absolute Gasteiger partial charge is 0.0740 e. The van der Waals surface area contributed by atoms with Gasteiger partial charge in [0.25, 0.3) is 0 Å². The quantitative estimate of drug-likeness (QED) is 0.462. The highest BCUT2D eigenvalue weighted by atomic mass is 16.3. The molecule has 0 saturated carbocycles. The number of hydrogen-bond acceptors (Lipinski definition) is 2. The molecule has 0 aliphatic carbocycles. The highest BCUT2D eigenvalue weighted by Gasteiger charge is 2.17. The van der Waals surface area contributed by atoms with Gasteiger partial charge in [-0.15, -0.1) is 12.3 Å². The molecule has 12 heavy (non-hydrogen) atoms. The minimum absolute atomic E-state index is 0.431. The summed E-state index contributed by atoms with van der Waals surface area (Å²) >= 11 is 0. The summed E-state index contributed by atoms with van der Waals surface area (Å²) in [6.07, 6.45) is 7.39. The lowest BCUT2D eigenvalue weighted by Gasteiger charge is -2.20. The van der Waals surface area contributed by atoms with Crippen molar-refractivity contribution in [1.82, 2.24) is 5.32 Å². The molecule has 0 amide bonds. The second-order valence-corrected chi connectivity index (χ2v) is 3.38. The summed E-state index contributed by atoms with van der Waals surface area (Å²) < 4.78 is 0. The van der Waals surface area contributed by atoms with E-state index in [1.54, 1.807) is 6.92 Å². The van der Waals surface area contributed by atoms with Gasteiger partial charge in [-0.2, -0.15) is 0 Å². The number of aliphatic hydroxyl groups is 1. The van der Waals surface area contributed by atoms with Gasteiger partial charge < -0.3 is 10.4 Å². The van der Waals surface area contributed by atoms with Gasteiger partial charge in [0, 0.05) is 6.42 Å². The zero-order valence-electron chi connectivity index (χ0n) is 8.06. The van der Waals surface area contributed by atoms with Gasteiger partial charge in [-0.25, -0.2) is 0 Å². The minimum atomic E-state index is -0.699. The van der Waals surface area contributed by atoms with Crippen LogP contribution in [-0.4, -0.2) is 23.8 Å². The Kier molecular flexibility index (Phi) is 5.79. The third-order valence-corrected chi connectivity index (χ3v) is 1.75. The van der Waals surface area contributed by atoms with Crippen LogP contribution in [0.5, 0.6) is 0 Å². The van der Waals surface area contributed by atoms with Gasteiger partial charge in [0.05, 0.1) is 5.60 Å². The van der Waals surface area contributed by atoms with E-state index in [1.165, 1.54) is 0 Å². The maximum absolute atomic E-state index is 9.63. The summed E-state index contributed by atoms with van der Waals surface area (Å²) in [5, 5.41) is 12.9. The van der Waals surface area contributed by atoms with Crippen LogP contribution in [0.25, 0.3) is 0 Å². The first kappa shape index (κ1) is 11.5. The Balaban J connectivity index is 3.42. The zero-order valence-corrected chi connectivity index (χ0v) is 8.06. The van der Waals surface area contributed by atoms with Gasteiger partial charge in [0.1, 0.15) is 0 Å². The average molecular weight is 169 g/mol. The molecule has 0 fully saturated rings. The molecule has 0 aromatic rings. The van der Waals surface area contributed by atoms with E-state index in [0.717, 1.165) is 25.9 Å². The molecule has 0 saturated heterocycles. The largest absolute Gasteiger partial charge is 0.389 e. The Morgan fingerprint density at radius 3 is 2.67 bits per heavy atom. The Bertz CT molecular complexity index is 146. The fourth-order valence-electron chi connectivity index (χ4n) is 0.968. The van der Waals surface area contributed by atoms with Crippen LogP contribution in [0.1, 0.15) is 33.1 Å². The molecule has 2 N–H and O–H groups in total. The number of hydrogen-bond donors (Lipinski definition) is 2. The van der Waals surface area contributed by atoms with E-state index in [2.05, 4.69) is 18.2 Å². The SMILES string of the molecule is C#CCC(C)(O)CCNCCC. The Morgan fingerprint density at radius 2 is 2.17 bits per heavy atom. The van der Waals surface area contributed by atoms with E-state index in [9.17, 15) is 5.11 Å². The zero-order chi connectivity index (χ0) is 9.45. The molecule has 70 valence electrons. The topological polar surface area (TPSA) is 32.3 Å². The molecular weight excluding hydrogens is 150 g/mol. The summed E-state index contributed by atoms with van der Waals surface area (Å²) in [6, 6.07) is 0. The van der Waals surface area contributed by atoms with E-state index in [-0.39, 0.29) is 0 Å². The normalized spacial score (nSPS) is 15.2. The van der Waals surface area contributed by atoms with Crippen molar-refractivity contribution >= 4 is 0 Å². The molecule has 0 heterocycles. The molecule has 0 aromatic heterocycles. The van der Waals surface area contributed by atoms with Gasteiger partial charge >= 0.3 is 0 Å². The van der Waals surface area contributed by atoms with Gasteiger partial charge in [0.2, 0.25) is 0 Å². The first-order valence-corrected chi connectivity index (χ1v) is 4.49. The van der Waals surface area contributed by atoms with Crippen LogP contribution in [0.3, 0.4) is 0 Å². The summed E-state index contributed by atoms with van der Waals surface area (Å²) in [6.45, 7) is 5.74. The van der Waals surface area contributed by atoms with Crippen molar-refractivity contribution in [2.45, 2.75) is 38.7 Å². The number of nitrogens with one attached hydrogen (secondary N) is 1. The molecule has 0 rings (SSSR count). The summed E-state index contributed by atoms with van der Waals surface area (Å²) in [5.41, 5.74) is -0.699. The molecular formula is C10H19NO. The third-order valence-electron chi connectivity index (χ3n) is 1.75. The Hall–Kier alpha value is -0.520. The lowest BCUT2D eigenvalue weighted by molar-refractivity contribution is 0.0566. The van der Waals surface area contributed by atoms with Crippen LogP contribution in [0.4, 0.5) is 0 Å². The van der Waals surface area contributed by atoms with Gasteiger partial charge in [-0.1, -0.05) is 6.92 Å². The first-order chi connectivity index (χ1) is 5.62. The summed E-state index contributed by atoms with van der Waals surface area (Å²) in [4.78, 5) is 0. The van der Waals surface area contributed by atoms with E-state index in [0.29, 0.717) is 6.42 Å². The summed E-state index contributed by atoms with van der Waals surface area (Å²) in [5.74, 6) is 2.47. The van der Waals surface area contributed by atoms with E-state index in [1.807, 2.05) is 0 Å². The van der Waals surface area contributed by atoms with Crippen LogP contribution >= 0.6 is 0 Å². The standard InChI is InChI=1S/C10H19NO/c1-4-6-10(3,12)7-9-11-8-5-2/h1,11-12H,5-9H2,2-3H3. The maximum atomic E-state index is 9.63. The molecule has 0 aliphatic heterocycles. The van der Waals surface area contributed by atoms with Crippen molar-refractivity contribution in [2.75, 3.05) is 13.1 Å². The van der Waals surface area contributed by atoms with Crippen LogP contribution in [0.2, 0.25) is 0 Å². The summed E-state index contributed by atoms with van der Waals surface area (Å²) in [7, 11) is 0. The number of rotatable bonds is 6. The van der Waals surface area contributed by atoms with Gasteiger partial charge in [0.15, 0.2) is 0 Å². The molecule has 0 radical (unpaired) electrons. The molecule has 1 atom stereocenters. The number of terminal acetylenes is 1. The van der Waals surface area contributed by atoms with E-state index >= 15 is 0 Å². The van der Waals surface area contributed by atoms with Crippen molar-refractivity contribution in [3.63, 3.8) is 0 Å².